The fourth-order valence-corrected chi connectivity index (χ4v) is 9.77. The predicted octanol–water partition coefficient (Wildman–Crippen LogP) is 15.7. The lowest BCUT2D eigenvalue weighted by Gasteiger charge is -2.34. The lowest BCUT2D eigenvalue weighted by atomic mass is 9.68. The molecule has 60 heavy (non-hydrogen) atoms. The zero-order valence-corrected chi connectivity index (χ0v) is 33.1. The molecule has 0 spiro atoms. The molecule has 1 aliphatic carbocycles. The Bertz CT molecular complexity index is 3100. The Labute approximate surface area is 352 Å². The van der Waals surface area contributed by atoms with Gasteiger partial charge in [-0.25, -0.2) is 0 Å². The van der Waals surface area contributed by atoms with E-state index in [0.29, 0.717) is 0 Å². The highest BCUT2D eigenvalue weighted by atomic mass is 15.1. The van der Waals surface area contributed by atoms with Crippen molar-refractivity contribution in [1.29, 1.82) is 0 Å². The number of hydrogen-bond acceptors (Lipinski definition) is 1. The first-order chi connectivity index (χ1) is 29.8. The number of anilines is 3. The van der Waals surface area contributed by atoms with Crippen molar-refractivity contribution >= 4 is 27.8 Å². The molecule has 1 nitrogen and oxygen atoms in total. The van der Waals surface area contributed by atoms with Gasteiger partial charge in [-0.3, -0.25) is 0 Å². The van der Waals surface area contributed by atoms with E-state index in [1.165, 1.54) is 66.4 Å². The summed E-state index contributed by atoms with van der Waals surface area (Å²) in [6, 6.07) is 91.1. The number of nitrogens with zero attached hydrogens (tertiary/aromatic N) is 1. The number of para-hydroxylation sites is 1. The molecule has 10 aromatic carbocycles. The van der Waals surface area contributed by atoms with Crippen LogP contribution in [0, 0.1) is 0 Å². The van der Waals surface area contributed by atoms with Crippen LogP contribution in [0.4, 0.5) is 17.1 Å². The first kappa shape index (κ1) is 35.4. The SMILES string of the molecule is c1ccc(-c2cccc(N(c3ccccc3-c3cccc(-c4cccc5ccccc45)c3)c3cccc4c3-c3ccccc3C4(c3ccccc3)c3ccccc3)c2)cc1. The van der Waals surface area contributed by atoms with Gasteiger partial charge in [0.1, 0.15) is 0 Å². The molecule has 0 atom stereocenters. The molecule has 0 heterocycles. The normalized spacial score (nSPS) is 12.5. The van der Waals surface area contributed by atoms with Gasteiger partial charge in [-0.1, -0.05) is 218 Å². The van der Waals surface area contributed by atoms with Gasteiger partial charge in [0.2, 0.25) is 0 Å². The molecule has 0 saturated heterocycles. The minimum Gasteiger partial charge on any atom is -0.309 e. The van der Waals surface area contributed by atoms with Crippen LogP contribution in [0.3, 0.4) is 0 Å². The Hall–Kier alpha value is -7.74. The second kappa shape index (κ2) is 14.9. The van der Waals surface area contributed by atoms with Crippen LogP contribution < -0.4 is 4.90 Å². The van der Waals surface area contributed by atoms with Crippen LogP contribution in [-0.4, -0.2) is 0 Å². The largest absolute Gasteiger partial charge is 0.309 e. The van der Waals surface area contributed by atoms with Gasteiger partial charge in [0.25, 0.3) is 0 Å². The van der Waals surface area contributed by atoms with E-state index in [1.807, 2.05) is 0 Å². The number of benzene rings is 10. The van der Waals surface area contributed by atoms with Gasteiger partial charge in [0, 0.05) is 16.8 Å². The van der Waals surface area contributed by atoms with Gasteiger partial charge in [-0.15, -0.1) is 0 Å². The summed E-state index contributed by atoms with van der Waals surface area (Å²) in [4.78, 5) is 2.51. The van der Waals surface area contributed by atoms with Crippen molar-refractivity contribution in [2.75, 3.05) is 4.90 Å². The minimum atomic E-state index is -0.520. The van der Waals surface area contributed by atoms with Crippen molar-refractivity contribution in [2.45, 2.75) is 5.41 Å². The summed E-state index contributed by atoms with van der Waals surface area (Å²) in [5.41, 5.74) is 17.5. The predicted molar refractivity (Wildman–Crippen MR) is 252 cm³/mol. The molecule has 0 fully saturated rings. The van der Waals surface area contributed by atoms with E-state index in [9.17, 15) is 0 Å². The number of hydrogen-bond donors (Lipinski definition) is 0. The second-order valence-electron chi connectivity index (χ2n) is 15.6. The third-order valence-electron chi connectivity index (χ3n) is 12.3. The van der Waals surface area contributed by atoms with Crippen LogP contribution >= 0.6 is 0 Å². The minimum absolute atomic E-state index is 0.520. The van der Waals surface area contributed by atoms with Gasteiger partial charge in [-0.05, 0) is 96.7 Å². The molecule has 0 saturated carbocycles. The highest BCUT2D eigenvalue weighted by Gasteiger charge is 2.47. The number of fused-ring (bicyclic) bond motifs is 4. The topological polar surface area (TPSA) is 3.24 Å². The Morgan fingerprint density at radius 3 is 1.58 bits per heavy atom. The van der Waals surface area contributed by atoms with Crippen LogP contribution in [-0.2, 0) is 5.41 Å². The summed E-state index contributed by atoms with van der Waals surface area (Å²) >= 11 is 0. The molecule has 0 N–H and O–H groups in total. The molecule has 0 unspecified atom stereocenters. The molecule has 11 rings (SSSR count). The van der Waals surface area contributed by atoms with E-state index in [-0.39, 0.29) is 0 Å². The summed E-state index contributed by atoms with van der Waals surface area (Å²) in [6.07, 6.45) is 0. The molecule has 0 bridgehead atoms. The summed E-state index contributed by atoms with van der Waals surface area (Å²) in [5, 5.41) is 2.49. The molecule has 0 aliphatic heterocycles. The average molecular weight is 764 g/mol. The monoisotopic (exact) mass is 763 g/mol. The Balaban J connectivity index is 1.19. The van der Waals surface area contributed by atoms with Gasteiger partial charge in [0.05, 0.1) is 16.8 Å². The average Bonchev–Trinajstić information content (AvgIpc) is 3.64. The third-order valence-corrected chi connectivity index (χ3v) is 12.3. The van der Waals surface area contributed by atoms with E-state index in [2.05, 4.69) is 254 Å². The van der Waals surface area contributed by atoms with Gasteiger partial charge in [-0.2, -0.15) is 0 Å². The molecule has 282 valence electrons. The van der Waals surface area contributed by atoms with Crippen LogP contribution in [0.2, 0.25) is 0 Å². The fraction of sp³-hybridized carbons (Fsp3) is 0.0169. The molecule has 0 aromatic heterocycles. The number of rotatable bonds is 8. The van der Waals surface area contributed by atoms with Crippen LogP contribution in [0.25, 0.3) is 55.3 Å². The fourth-order valence-electron chi connectivity index (χ4n) is 9.77. The molecular formula is C59H41N. The zero-order valence-electron chi connectivity index (χ0n) is 33.1. The maximum absolute atomic E-state index is 2.51. The van der Waals surface area contributed by atoms with E-state index in [0.717, 1.165) is 28.2 Å². The summed E-state index contributed by atoms with van der Waals surface area (Å²) in [6.45, 7) is 0. The summed E-state index contributed by atoms with van der Waals surface area (Å²) in [7, 11) is 0. The van der Waals surface area contributed by atoms with Crippen LogP contribution in [0.15, 0.2) is 249 Å². The Morgan fingerprint density at radius 2 is 0.800 bits per heavy atom. The lowest BCUT2D eigenvalue weighted by Crippen LogP contribution is -2.28. The van der Waals surface area contributed by atoms with Gasteiger partial charge < -0.3 is 4.90 Å². The first-order valence-electron chi connectivity index (χ1n) is 20.8. The molecular weight excluding hydrogens is 723 g/mol. The molecule has 1 aliphatic rings. The molecule has 0 radical (unpaired) electrons. The van der Waals surface area contributed by atoms with Crippen molar-refractivity contribution in [3.05, 3.63) is 271 Å². The summed E-state index contributed by atoms with van der Waals surface area (Å²) in [5.74, 6) is 0. The molecule has 10 aromatic rings. The maximum Gasteiger partial charge on any atom is 0.0714 e. The first-order valence-corrected chi connectivity index (χ1v) is 20.8. The van der Waals surface area contributed by atoms with Crippen LogP contribution in [0.1, 0.15) is 22.3 Å². The highest BCUT2D eigenvalue weighted by molar-refractivity contribution is 6.01. The smallest absolute Gasteiger partial charge is 0.0714 e. The standard InChI is InChI=1S/C59H41N/c1-4-20-42(21-5-1)44-24-17-31-49(41-44)60(56-38-15-13-33-52(56)46-26-16-25-45(40-46)51-35-18-23-43-22-10-11-32-50(43)51)57-39-19-37-55-58(57)53-34-12-14-36-54(53)59(55,47-27-6-2-7-28-47)48-29-8-3-9-30-48/h1-41H. The quantitative estimate of drug-likeness (QED) is 0.149. The van der Waals surface area contributed by atoms with Gasteiger partial charge >= 0.3 is 0 Å². The maximum atomic E-state index is 2.51. The Morgan fingerprint density at radius 1 is 0.300 bits per heavy atom. The van der Waals surface area contributed by atoms with Crippen molar-refractivity contribution in [1.82, 2.24) is 0 Å². The summed E-state index contributed by atoms with van der Waals surface area (Å²) < 4.78 is 0. The van der Waals surface area contributed by atoms with Gasteiger partial charge in [0.15, 0.2) is 0 Å². The highest BCUT2D eigenvalue weighted by Crippen LogP contribution is 2.60. The van der Waals surface area contributed by atoms with E-state index >= 15 is 0 Å². The third kappa shape index (κ3) is 5.78. The van der Waals surface area contributed by atoms with Crippen molar-refractivity contribution in [2.24, 2.45) is 0 Å². The lowest BCUT2D eigenvalue weighted by molar-refractivity contribution is 0.768. The zero-order chi connectivity index (χ0) is 39.9. The second-order valence-corrected chi connectivity index (χ2v) is 15.6. The van der Waals surface area contributed by atoms with Crippen molar-refractivity contribution in [3.63, 3.8) is 0 Å². The van der Waals surface area contributed by atoms with E-state index in [1.54, 1.807) is 0 Å². The van der Waals surface area contributed by atoms with Crippen LogP contribution in [0.5, 0.6) is 0 Å². The molecule has 1 heteroatoms. The van der Waals surface area contributed by atoms with E-state index < -0.39 is 5.41 Å². The molecule has 0 amide bonds. The van der Waals surface area contributed by atoms with Crippen molar-refractivity contribution in [3.8, 4) is 44.5 Å². The Kier molecular flexibility index (Phi) is 8.79. The van der Waals surface area contributed by atoms with E-state index in [4.69, 9.17) is 0 Å². The van der Waals surface area contributed by atoms with Crippen molar-refractivity contribution < 1.29 is 0 Å².